The van der Waals surface area contributed by atoms with Gasteiger partial charge in [-0.05, 0) is 57.7 Å². The first-order valence-corrected chi connectivity index (χ1v) is 12.4. The summed E-state index contributed by atoms with van der Waals surface area (Å²) in [5.74, 6) is 0. The van der Waals surface area contributed by atoms with Crippen molar-refractivity contribution in [3.63, 3.8) is 0 Å². The van der Waals surface area contributed by atoms with Crippen LogP contribution in [0.15, 0.2) is 158 Å². The Morgan fingerprint density at radius 3 is 1.36 bits per heavy atom. The van der Waals surface area contributed by atoms with Gasteiger partial charge in [-0.3, -0.25) is 0 Å². The van der Waals surface area contributed by atoms with Crippen molar-refractivity contribution >= 4 is 16.9 Å². The molecule has 1 aliphatic carbocycles. The highest BCUT2D eigenvalue weighted by atomic mass is 15.2. The quantitative estimate of drug-likeness (QED) is 0.244. The molecule has 5 aromatic carbocycles. The Morgan fingerprint density at radius 1 is 0.417 bits per heavy atom. The lowest BCUT2D eigenvalue weighted by Gasteiger charge is -2.33. The maximum absolute atomic E-state index is 2.46. The van der Waals surface area contributed by atoms with E-state index in [9.17, 15) is 0 Å². The van der Waals surface area contributed by atoms with Gasteiger partial charge in [0, 0.05) is 11.4 Å². The van der Waals surface area contributed by atoms with E-state index in [0.29, 0.717) is 0 Å². The molecule has 0 saturated carbocycles. The minimum atomic E-state index is 0.0875. The molecule has 5 aromatic rings. The summed E-state index contributed by atoms with van der Waals surface area (Å²) < 4.78 is 0. The van der Waals surface area contributed by atoms with Crippen molar-refractivity contribution in [3.05, 3.63) is 163 Å². The SMILES string of the molecule is C1=CC(N(c2cccc(-c3ccccc3)c2)c2cccc(-c3ccccc3)c2)C(c2ccccc2)=C1. The second-order valence-corrected chi connectivity index (χ2v) is 9.02. The lowest BCUT2D eigenvalue weighted by atomic mass is 9.97. The normalized spacial score (nSPS) is 14.4. The summed E-state index contributed by atoms with van der Waals surface area (Å²) in [4.78, 5) is 2.46. The van der Waals surface area contributed by atoms with Crippen LogP contribution in [0.4, 0.5) is 11.4 Å². The van der Waals surface area contributed by atoms with Crippen LogP contribution in [0.3, 0.4) is 0 Å². The molecule has 36 heavy (non-hydrogen) atoms. The molecule has 0 fully saturated rings. The number of hydrogen-bond acceptors (Lipinski definition) is 1. The zero-order valence-electron chi connectivity index (χ0n) is 20.0. The maximum Gasteiger partial charge on any atom is 0.0784 e. The number of hydrogen-bond donors (Lipinski definition) is 0. The molecular weight excluding hydrogens is 434 g/mol. The third kappa shape index (κ3) is 4.39. The molecule has 1 unspecified atom stereocenters. The predicted molar refractivity (Wildman–Crippen MR) is 153 cm³/mol. The minimum absolute atomic E-state index is 0.0875. The van der Waals surface area contributed by atoms with Crippen LogP contribution in [0.2, 0.25) is 0 Å². The molecule has 1 heteroatoms. The molecule has 0 heterocycles. The van der Waals surface area contributed by atoms with Gasteiger partial charge in [0.1, 0.15) is 0 Å². The van der Waals surface area contributed by atoms with E-state index in [1.165, 1.54) is 44.8 Å². The second-order valence-electron chi connectivity index (χ2n) is 9.02. The maximum atomic E-state index is 2.46. The highest BCUT2D eigenvalue weighted by Gasteiger charge is 2.26. The molecule has 1 nitrogen and oxygen atoms in total. The average molecular weight is 462 g/mol. The highest BCUT2D eigenvalue weighted by molar-refractivity contribution is 5.85. The first kappa shape index (κ1) is 21.9. The van der Waals surface area contributed by atoms with Crippen LogP contribution in [0.1, 0.15) is 5.56 Å². The van der Waals surface area contributed by atoms with E-state index >= 15 is 0 Å². The van der Waals surface area contributed by atoms with Crippen LogP contribution in [-0.4, -0.2) is 6.04 Å². The fraction of sp³-hybridized carbons (Fsp3) is 0.0286. The van der Waals surface area contributed by atoms with Gasteiger partial charge in [-0.2, -0.15) is 0 Å². The molecule has 0 spiro atoms. The molecule has 172 valence electrons. The lowest BCUT2D eigenvalue weighted by molar-refractivity contribution is 0.970. The van der Waals surface area contributed by atoms with Crippen molar-refractivity contribution in [2.24, 2.45) is 0 Å². The van der Waals surface area contributed by atoms with Crippen LogP contribution in [0, 0.1) is 0 Å². The van der Waals surface area contributed by atoms with E-state index in [-0.39, 0.29) is 6.04 Å². The Kier molecular flexibility index (Phi) is 6.04. The Labute approximate surface area is 213 Å². The molecule has 1 aliphatic rings. The molecule has 1 atom stereocenters. The molecule has 0 saturated heterocycles. The van der Waals surface area contributed by atoms with Gasteiger partial charge < -0.3 is 4.90 Å². The van der Waals surface area contributed by atoms with Gasteiger partial charge in [-0.15, -0.1) is 0 Å². The summed E-state index contributed by atoms with van der Waals surface area (Å²) in [6.07, 6.45) is 6.73. The van der Waals surface area contributed by atoms with Gasteiger partial charge in [0.05, 0.1) is 6.04 Å². The van der Waals surface area contributed by atoms with Crippen LogP contribution < -0.4 is 4.90 Å². The third-order valence-corrected chi connectivity index (χ3v) is 6.74. The lowest BCUT2D eigenvalue weighted by Crippen LogP contribution is -2.29. The van der Waals surface area contributed by atoms with E-state index in [1.807, 2.05) is 0 Å². The van der Waals surface area contributed by atoms with Gasteiger partial charge in [0.25, 0.3) is 0 Å². The van der Waals surface area contributed by atoms with Gasteiger partial charge in [-0.25, -0.2) is 0 Å². The highest BCUT2D eigenvalue weighted by Crippen LogP contribution is 2.39. The van der Waals surface area contributed by atoms with E-state index in [0.717, 1.165) is 0 Å². The minimum Gasteiger partial charge on any atom is -0.330 e. The number of rotatable bonds is 6. The molecule has 0 aromatic heterocycles. The number of allylic oxidation sites excluding steroid dienone is 2. The smallest absolute Gasteiger partial charge is 0.0784 e. The van der Waals surface area contributed by atoms with E-state index in [1.54, 1.807) is 0 Å². The fourth-order valence-corrected chi connectivity index (χ4v) is 4.99. The number of anilines is 2. The zero-order valence-corrected chi connectivity index (χ0v) is 20.0. The van der Waals surface area contributed by atoms with Crippen LogP contribution in [-0.2, 0) is 0 Å². The van der Waals surface area contributed by atoms with Crippen LogP contribution >= 0.6 is 0 Å². The summed E-state index contributed by atoms with van der Waals surface area (Å²) >= 11 is 0. The molecule has 0 aliphatic heterocycles. The third-order valence-electron chi connectivity index (χ3n) is 6.74. The zero-order chi connectivity index (χ0) is 24.2. The molecule has 0 bridgehead atoms. The number of benzene rings is 5. The van der Waals surface area contributed by atoms with Gasteiger partial charge in [-0.1, -0.05) is 133 Å². The number of nitrogens with zero attached hydrogens (tertiary/aromatic N) is 1. The topological polar surface area (TPSA) is 3.24 Å². The Bertz CT molecular complexity index is 1430. The van der Waals surface area contributed by atoms with E-state index in [4.69, 9.17) is 0 Å². The molecule has 0 amide bonds. The van der Waals surface area contributed by atoms with E-state index in [2.05, 4.69) is 163 Å². The fourth-order valence-electron chi connectivity index (χ4n) is 4.99. The van der Waals surface area contributed by atoms with Gasteiger partial charge in [0.15, 0.2) is 0 Å². The van der Waals surface area contributed by atoms with Crippen molar-refractivity contribution in [3.8, 4) is 22.3 Å². The van der Waals surface area contributed by atoms with Crippen molar-refractivity contribution in [1.29, 1.82) is 0 Å². The van der Waals surface area contributed by atoms with Crippen molar-refractivity contribution in [2.45, 2.75) is 6.04 Å². The van der Waals surface area contributed by atoms with E-state index < -0.39 is 0 Å². The summed E-state index contributed by atoms with van der Waals surface area (Å²) in [7, 11) is 0. The van der Waals surface area contributed by atoms with Crippen molar-refractivity contribution < 1.29 is 0 Å². The standard InChI is InChI=1S/C35H27N/c1-4-13-27(14-5-1)30-19-10-21-32(25-30)36(35-24-12-23-34(35)29-17-8-3-9-18-29)33-22-11-20-31(26-33)28-15-6-2-7-16-28/h1-26,35H. The van der Waals surface area contributed by atoms with Crippen LogP contribution in [0.25, 0.3) is 27.8 Å². The average Bonchev–Trinajstić information content (AvgIpc) is 3.44. The summed E-state index contributed by atoms with van der Waals surface area (Å²) in [6.45, 7) is 0. The predicted octanol–water partition coefficient (Wildman–Crippen LogP) is 9.18. The largest absolute Gasteiger partial charge is 0.330 e. The Balaban J connectivity index is 1.49. The van der Waals surface area contributed by atoms with Crippen molar-refractivity contribution in [2.75, 3.05) is 4.90 Å². The first-order chi connectivity index (χ1) is 17.9. The molecule has 0 radical (unpaired) electrons. The van der Waals surface area contributed by atoms with Gasteiger partial charge in [0.2, 0.25) is 0 Å². The molecule has 6 rings (SSSR count). The molecular formula is C35H27N. The molecule has 0 N–H and O–H groups in total. The second kappa shape index (κ2) is 9.93. The summed E-state index contributed by atoms with van der Waals surface area (Å²) in [5, 5.41) is 0. The Morgan fingerprint density at radius 2 is 0.861 bits per heavy atom. The first-order valence-electron chi connectivity index (χ1n) is 12.4. The van der Waals surface area contributed by atoms with Crippen molar-refractivity contribution in [1.82, 2.24) is 0 Å². The van der Waals surface area contributed by atoms with Crippen LogP contribution in [0.5, 0.6) is 0 Å². The summed E-state index contributed by atoms with van der Waals surface area (Å²) in [6, 6.07) is 49.7. The summed E-state index contributed by atoms with van der Waals surface area (Å²) in [5.41, 5.74) is 9.74. The Hall–Kier alpha value is -4.62. The van der Waals surface area contributed by atoms with Gasteiger partial charge >= 0.3 is 0 Å². The monoisotopic (exact) mass is 461 g/mol.